The van der Waals surface area contributed by atoms with E-state index in [4.69, 9.17) is 11.6 Å². The van der Waals surface area contributed by atoms with Gasteiger partial charge >= 0.3 is 0 Å². The van der Waals surface area contributed by atoms with Gasteiger partial charge in [-0.15, -0.1) is 11.6 Å². The van der Waals surface area contributed by atoms with Crippen molar-refractivity contribution in [2.75, 3.05) is 32.1 Å². The van der Waals surface area contributed by atoms with E-state index < -0.39 is 10.2 Å². The van der Waals surface area contributed by atoms with E-state index in [1.165, 1.54) is 19.3 Å². The Morgan fingerprint density at radius 1 is 1.00 bits per heavy atom. The van der Waals surface area contributed by atoms with Crippen LogP contribution in [0.25, 0.3) is 0 Å². The fourth-order valence-corrected chi connectivity index (χ4v) is 5.63. The van der Waals surface area contributed by atoms with Crippen LogP contribution in [0.15, 0.2) is 0 Å². The summed E-state index contributed by atoms with van der Waals surface area (Å²) in [6.07, 6.45) is 7.59. The molecule has 0 aliphatic carbocycles. The maximum absolute atomic E-state index is 12.8. The lowest BCUT2D eigenvalue weighted by molar-refractivity contribution is 0.259. The maximum atomic E-state index is 12.8. The van der Waals surface area contributed by atoms with Gasteiger partial charge in [0.2, 0.25) is 0 Å². The normalized spacial score (nSPS) is 30.2. The molecule has 4 nitrogen and oxygen atoms in total. The first-order valence-corrected chi connectivity index (χ1v) is 10.3. The van der Waals surface area contributed by atoms with Gasteiger partial charge in [-0.25, -0.2) is 0 Å². The predicted octanol–water partition coefficient (Wildman–Crippen LogP) is 3.08. The van der Waals surface area contributed by atoms with Gasteiger partial charge in [0.1, 0.15) is 0 Å². The molecule has 0 radical (unpaired) electrons. The zero-order valence-electron chi connectivity index (χ0n) is 13.1. The van der Waals surface area contributed by atoms with Gasteiger partial charge in [0.25, 0.3) is 10.2 Å². The van der Waals surface area contributed by atoms with Gasteiger partial charge in [-0.05, 0) is 43.9 Å². The lowest BCUT2D eigenvalue weighted by Gasteiger charge is -2.34. The van der Waals surface area contributed by atoms with E-state index in [1.54, 1.807) is 8.61 Å². The molecule has 2 rings (SSSR count). The highest BCUT2D eigenvalue weighted by Crippen LogP contribution is 2.26. The number of hydrogen-bond acceptors (Lipinski definition) is 2. The summed E-state index contributed by atoms with van der Waals surface area (Å²) in [5.41, 5.74) is 0. The summed E-state index contributed by atoms with van der Waals surface area (Å²) in [4.78, 5) is 0. The minimum atomic E-state index is -3.28. The first kappa shape index (κ1) is 17.5. The summed E-state index contributed by atoms with van der Waals surface area (Å²) in [5.74, 6) is 1.58. The number of hydrogen-bond donors (Lipinski definition) is 0. The monoisotopic (exact) mass is 336 g/mol. The predicted molar refractivity (Wildman–Crippen MR) is 87.8 cm³/mol. The topological polar surface area (TPSA) is 40.6 Å². The van der Waals surface area contributed by atoms with Crippen LogP contribution < -0.4 is 0 Å². The molecule has 0 N–H and O–H groups in total. The molecular formula is C15H29ClN2O2S. The van der Waals surface area contributed by atoms with Crippen LogP contribution >= 0.6 is 11.6 Å². The summed E-state index contributed by atoms with van der Waals surface area (Å²) >= 11 is 5.93. The van der Waals surface area contributed by atoms with Crippen LogP contribution in [0.4, 0.5) is 0 Å². The van der Waals surface area contributed by atoms with Gasteiger partial charge in [0.15, 0.2) is 0 Å². The summed E-state index contributed by atoms with van der Waals surface area (Å²) < 4.78 is 29.0. The number of halogens is 1. The zero-order valence-corrected chi connectivity index (χ0v) is 14.7. The van der Waals surface area contributed by atoms with E-state index in [-0.39, 0.29) is 0 Å². The minimum Gasteiger partial charge on any atom is -0.195 e. The number of rotatable bonds is 5. The number of alkyl halides is 1. The minimum absolute atomic E-state index is 0.315. The van der Waals surface area contributed by atoms with E-state index in [1.807, 2.05) is 0 Å². The third-order valence-electron chi connectivity index (χ3n) is 4.86. The molecule has 0 spiro atoms. The number of nitrogens with zero attached hydrogens (tertiary/aromatic N) is 2. The SMILES string of the molecule is CCCC1CCCN(S(=O)(=O)N2CCCC(CCl)C2)CC1. The highest BCUT2D eigenvalue weighted by Gasteiger charge is 2.34. The quantitative estimate of drug-likeness (QED) is 0.724. The van der Waals surface area contributed by atoms with Gasteiger partial charge in [-0.2, -0.15) is 17.0 Å². The van der Waals surface area contributed by atoms with Crippen LogP contribution in [-0.4, -0.2) is 49.1 Å². The number of piperidine rings is 1. The molecule has 2 fully saturated rings. The van der Waals surface area contributed by atoms with Crippen molar-refractivity contribution in [2.24, 2.45) is 11.8 Å². The Balaban J connectivity index is 1.98. The lowest BCUT2D eigenvalue weighted by Crippen LogP contribution is -2.48. The standard InChI is InChI=1S/C15H29ClN2O2S/c1-2-5-14-6-3-9-17(11-8-14)21(19,20)18-10-4-7-15(12-16)13-18/h14-15H,2-13H2,1H3. The molecule has 2 atom stereocenters. The summed E-state index contributed by atoms with van der Waals surface area (Å²) in [6, 6.07) is 0. The van der Waals surface area contributed by atoms with Crippen LogP contribution in [0.3, 0.4) is 0 Å². The van der Waals surface area contributed by atoms with Crippen molar-refractivity contribution < 1.29 is 8.42 Å². The van der Waals surface area contributed by atoms with E-state index in [0.717, 1.165) is 25.7 Å². The second-order valence-electron chi connectivity index (χ2n) is 6.51. The Morgan fingerprint density at radius 3 is 2.33 bits per heavy atom. The highest BCUT2D eigenvalue weighted by molar-refractivity contribution is 7.86. The van der Waals surface area contributed by atoms with E-state index >= 15 is 0 Å². The summed E-state index contributed by atoms with van der Waals surface area (Å²) in [5, 5.41) is 0. The van der Waals surface area contributed by atoms with Crippen LogP contribution in [-0.2, 0) is 10.2 Å². The maximum Gasteiger partial charge on any atom is 0.281 e. The van der Waals surface area contributed by atoms with Crippen molar-refractivity contribution in [1.29, 1.82) is 0 Å². The third kappa shape index (κ3) is 4.57. The van der Waals surface area contributed by atoms with Gasteiger partial charge in [0, 0.05) is 32.1 Å². The van der Waals surface area contributed by atoms with E-state index in [0.29, 0.717) is 43.9 Å². The third-order valence-corrected chi connectivity index (χ3v) is 7.29. The molecule has 124 valence electrons. The van der Waals surface area contributed by atoms with Gasteiger partial charge in [-0.3, -0.25) is 0 Å². The van der Waals surface area contributed by atoms with Crippen molar-refractivity contribution in [3.8, 4) is 0 Å². The van der Waals surface area contributed by atoms with Crippen molar-refractivity contribution >= 4 is 21.8 Å². The molecule has 2 unspecified atom stereocenters. The molecule has 2 aliphatic rings. The zero-order chi connectivity index (χ0) is 15.3. The molecule has 0 saturated carbocycles. The first-order valence-electron chi connectivity index (χ1n) is 8.39. The molecule has 0 aromatic rings. The Kier molecular flexibility index (Phi) is 6.79. The Labute approximate surface area is 135 Å². The Hall–Kier alpha value is 0.160. The molecule has 0 aromatic carbocycles. The van der Waals surface area contributed by atoms with Gasteiger partial charge in [0.05, 0.1) is 0 Å². The average Bonchev–Trinajstić information content (AvgIpc) is 2.74. The van der Waals surface area contributed by atoms with Crippen molar-refractivity contribution in [3.63, 3.8) is 0 Å². The second kappa shape index (κ2) is 8.14. The average molecular weight is 337 g/mol. The van der Waals surface area contributed by atoms with Crippen LogP contribution in [0, 0.1) is 11.8 Å². The molecule has 0 bridgehead atoms. The molecule has 0 aromatic heterocycles. The summed E-state index contributed by atoms with van der Waals surface area (Å²) in [6.45, 7) is 4.84. The van der Waals surface area contributed by atoms with Gasteiger partial charge < -0.3 is 0 Å². The summed E-state index contributed by atoms with van der Waals surface area (Å²) in [7, 11) is -3.28. The van der Waals surface area contributed by atoms with Crippen LogP contribution in [0.2, 0.25) is 0 Å². The molecule has 21 heavy (non-hydrogen) atoms. The Bertz CT molecular complexity index is 416. The molecule has 2 saturated heterocycles. The van der Waals surface area contributed by atoms with Crippen molar-refractivity contribution in [2.45, 2.75) is 51.9 Å². The molecular weight excluding hydrogens is 308 g/mol. The largest absolute Gasteiger partial charge is 0.281 e. The molecule has 0 amide bonds. The van der Waals surface area contributed by atoms with Gasteiger partial charge in [-0.1, -0.05) is 19.8 Å². The Morgan fingerprint density at radius 2 is 1.67 bits per heavy atom. The van der Waals surface area contributed by atoms with E-state index in [2.05, 4.69) is 6.92 Å². The molecule has 6 heteroatoms. The first-order chi connectivity index (χ1) is 10.1. The molecule has 2 aliphatic heterocycles. The van der Waals surface area contributed by atoms with Crippen molar-refractivity contribution in [3.05, 3.63) is 0 Å². The highest BCUT2D eigenvalue weighted by atomic mass is 35.5. The fraction of sp³-hybridized carbons (Fsp3) is 1.00. The van der Waals surface area contributed by atoms with Crippen LogP contribution in [0.1, 0.15) is 51.9 Å². The molecule has 2 heterocycles. The van der Waals surface area contributed by atoms with Crippen LogP contribution in [0.5, 0.6) is 0 Å². The lowest BCUT2D eigenvalue weighted by atomic mass is 9.96. The second-order valence-corrected chi connectivity index (χ2v) is 8.75. The van der Waals surface area contributed by atoms with Crippen molar-refractivity contribution in [1.82, 2.24) is 8.61 Å². The van der Waals surface area contributed by atoms with E-state index in [9.17, 15) is 8.42 Å². The smallest absolute Gasteiger partial charge is 0.195 e. The fourth-order valence-electron chi connectivity index (χ4n) is 3.59.